The van der Waals surface area contributed by atoms with Gasteiger partial charge in [-0.3, -0.25) is 0 Å². The molecule has 2 aromatic rings. The normalized spacial score (nSPS) is 15.5. The zero-order chi connectivity index (χ0) is 19.1. The fraction of sp³-hybridized carbons (Fsp3) is 0.500. The van der Waals surface area contributed by atoms with E-state index in [2.05, 4.69) is 9.97 Å². The van der Waals surface area contributed by atoms with E-state index in [1.807, 2.05) is 25.7 Å². The second-order valence-corrected chi connectivity index (χ2v) is 7.75. The fourth-order valence-corrected chi connectivity index (χ4v) is 3.08. The third kappa shape index (κ3) is 3.67. The van der Waals surface area contributed by atoms with E-state index >= 15 is 0 Å². The van der Waals surface area contributed by atoms with Crippen LogP contribution in [-0.4, -0.2) is 52.7 Å². The van der Waals surface area contributed by atoms with Crippen LogP contribution >= 0.6 is 11.6 Å². The van der Waals surface area contributed by atoms with Crippen molar-refractivity contribution in [2.45, 2.75) is 33.3 Å². The summed E-state index contributed by atoms with van der Waals surface area (Å²) in [6, 6.07) is 1.75. The molecule has 1 aromatic heterocycles. The molecule has 1 aliphatic rings. The molecule has 0 N–H and O–H groups in total. The van der Waals surface area contributed by atoms with Crippen LogP contribution in [0.3, 0.4) is 0 Å². The Hall–Kier alpha value is -2.15. The van der Waals surface area contributed by atoms with Gasteiger partial charge < -0.3 is 14.5 Å². The number of ether oxygens (including phenoxy) is 1. The monoisotopic (exact) mass is 380 g/mol. The van der Waals surface area contributed by atoms with Crippen molar-refractivity contribution in [3.8, 4) is 0 Å². The number of hydrogen-bond acceptors (Lipinski definition) is 5. The van der Waals surface area contributed by atoms with E-state index < -0.39 is 11.4 Å². The van der Waals surface area contributed by atoms with E-state index in [1.54, 1.807) is 17.9 Å². The number of rotatable bonds is 1. The molecule has 0 unspecified atom stereocenters. The third-order valence-corrected chi connectivity index (χ3v) is 4.66. The predicted molar refractivity (Wildman–Crippen MR) is 99.3 cm³/mol. The average Bonchev–Trinajstić information content (AvgIpc) is 2.58. The molecule has 1 amide bonds. The Morgan fingerprint density at radius 1 is 1.23 bits per heavy atom. The molecule has 1 aliphatic heterocycles. The van der Waals surface area contributed by atoms with Gasteiger partial charge in [-0.15, -0.1) is 0 Å². The molecule has 0 aliphatic carbocycles. The van der Waals surface area contributed by atoms with Gasteiger partial charge in [0, 0.05) is 26.2 Å². The highest BCUT2D eigenvalue weighted by atomic mass is 35.5. The highest BCUT2D eigenvalue weighted by Gasteiger charge is 2.28. The number of nitrogens with zero attached hydrogens (tertiary/aromatic N) is 4. The smallest absolute Gasteiger partial charge is 0.410 e. The number of hydrogen-bond donors (Lipinski definition) is 0. The molecular weight excluding hydrogens is 359 g/mol. The van der Waals surface area contributed by atoms with Crippen molar-refractivity contribution in [3.05, 3.63) is 28.8 Å². The topological polar surface area (TPSA) is 58.6 Å². The van der Waals surface area contributed by atoms with Crippen molar-refractivity contribution >= 4 is 34.4 Å². The molecule has 0 radical (unpaired) electrons. The Balaban J connectivity index is 1.82. The van der Waals surface area contributed by atoms with Gasteiger partial charge in [-0.25, -0.2) is 19.2 Å². The van der Waals surface area contributed by atoms with Crippen molar-refractivity contribution in [2.24, 2.45) is 0 Å². The largest absolute Gasteiger partial charge is 0.444 e. The second kappa shape index (κ2) is 6.87. The number of carbonyl (C=O) groups is 1. The van der Waals surface area contributed by atoms with E-state index in [0.717, 1.165) is 0 Å². The maximum absolute atomic E-state index is 14.7. The summed E-state index contributed by atoms with van der Waals surface area (Å²) >= 11 is 6.08. The van der Waals surface area contributed by atoms with Crippen molar-refractivity contribution < 1.29 is 13.9 Å². The zero-order valence-electron chi connectivity index (χ0n) is 15.3. The summed E-state index contributed by atoms with van der Waals surface area (Å²) < 4.78 is 20.1. The summed E-state index contributed by atoms with van der Waals surface area (Å²) in [5.41, 5.74) is 0.620. The summed E-state index contributed by atoms with van der Waals surface area (Å²) in [5, 5.41) is 0.398. The number of amides is 1. The van der Waals surface area contributed by atoms with Crippen LogP contribution in [0.25, 0.3) is 10.9 Å². The molecule has 26 heavy (non-hydrogen) atoms. The van der Waals surface area contributed by atoms with Crippen LogP contribution in [0.5, 0.6) is 0 Å². The lowest BCUT2D eigenvalue weighted by molar-refractivity contribution is 0.0240. The van der Waals surface area contributed by atoms with Gasteiger partial charge in [0.25, 0.3) is 0 Å². The first kappa shape index (κ1) is 18.6. The van der Waals surface area contributed by atoms with E-state index in [9.17, 15) is 9.18 Å². The van der Waals surface area contributed by atoms with E-state index in [1.165, 1.54) is 6.33 Å². The number of halogens is 2. The first-order valence-corrected chi connectivity index (χ1v) is 8.87. The van der Waals surface area contributed by atoms with Crippen LogP contribution in [-0.2, 0) is 4.74 Å². The summed E-state index contributed by atoms with van der Waals surface area (Å²) in [6.45, 7) is 9.25. The average molecular weight is 381 g/mol. The molecule has 2 heterocycles. The lowest BCUT2D eigenvalue weighted by Gasteiger charge is -2.36. The minimum atomic E-state index is -0.533. The Morgan fingerprint density at radius 3 is 2.50 bits per heavy atom. The van der Waals surface area contributed by atoms with Crippen molar-refractivity contribution in [3.63, 3.8) is 0 Å². The predicted octanol–water partition coefficient (Wildman–Crippen LogP) is 3.79. The first-order valence-electron chi connectivity index (χ1n) is 8.49. The van der Waals surface area contributed by atoms with E-state index in [-0.39, 0.29) is 11.1 Å². The van der Waals surface area contributed by atoms with Crippen molar-refractivity contribution in [1.29, 1.82) is 0 Å². The summed E-state index contributed by atoms with van der Waals surface area (Å²) in [5.74, 6) is -0.00919. The molecular formula is C18H22ClFN4O2. The SMILES string of the molecule is Cc1cc2ncnc(N3CCN(C(=O)OC(C)(C)C)CC3)c2c(F)c1Cl. The van der Waals surface area contributed by atoms with Gasteiger partial charge >= 0.3 is 6.09 Å². The number of fused-ring (bicyclic) bond motifs is 1. The molecule has 0 saturated carbocycles. The van der Waals surface area contributed by atoms with Crippen LogP contribution in [0.1, 0.15) is 26.3 Å². The lowest BCUT2D eigenvalue weighted by Crippen LogP contribution is -2.50. The third-order valence-electron chi connectivity index (χ3n) is 4.20. The van der Waals surface area contributed by atoms with Gasteiger partial charge in [0.1, 0.15) is 17.7 Å². The molecule has 3 rings (SSSR count). The quantitative estimate of drug-likeness (QED) is 0.753. The number of aryl methyl sites for hydroxylation is 1. The summed E-state index contributed by atoms with van der Waals surface area (Å²) in [4.78, 5) is 24.2. The second-order valence-electron chi connectivity index (χ2n) is 7.37. The van der Waals surface area contributed by atoms with E-state index in [0.29, 0.717) is 48.5 Å². The van der Waals surface area contributed by atoms with Gasteiger partial charge in [-0.1, -0.05) is 11.6 Å². The van der Waals surface area contributed by atoms with Gasteiger partial charge in [0.15, 0.2) is 5.82 Å². The Morgan fingerprint density at radius 2 is 1.88 bits per heavy atom. The summed E-state index contributed by atoms with van der Waals surface area (Å²) in [6.07, 6.45) is 1.08. The molecule has 0 atom stereocenters. The van der Waals surface area contributed by atoms with Gasteiger partial charge in [-0.2, -0.15) is 0 Å². The maximum Gasteiger partial charge on any atom is 0.410 e. The fourth-order valence-electron chi connectivity index (χ4n) is 2.93. The van der Waals surface area contributed by atoms with Gasteiger partial charge in [0.05, 0.1) is 15.9 Å². The molecule has 1 fully saturated rings. The first-order chi connectivity index (χ1) is 12.2. The van der Waals surface area contributed by atoms with Crippen molar-refractivity contribution in [2.75, 3.05) is 31.1 Å². The van der Waals surface area contributed by atoms with Crippen molar-refractivity contribution in [1.82, 2.24) is 14.9 Å². The number of carbonyl (C=O) groups excluding carboxylic acids is 1. The lowest BCUT2D eigenvalue weighted by atomic mass is 10.1. The molecule has 8 heteroatoms. The summed E-state index contributed by atoms with van der Waals surface area (Å²) in [7, 11) is 0. The molecule has 0 bridgehead atoms. The van der Waals surface area contributed by atoms with E-state index in [4.69, 9.17) is 16.3 Å². The number of piperazine rings is 1. The number of benzene rings is 1. The van der Waals surface area contributed by atoms with Crippen LogP contribution in [0.15, 0.2) is 12.4 Å². The highest BCUT2D eigenvalue weighted by molar-refractivity contribution is 6.32. The number of aromatic nitrogens is 2. The van der Waals surface area contributed by atoms with Crippen LogP contribution < -0.4 is 4.90 Å². The van der Waals surface area contributed by atoms with Crippen LogP contribution in [0, 0.1) is 12.7 Å². The molecule has 0 spiro atoms. The molecule has 1 aromatic carbocycles. The van der Waals surface area contributed by atoms with Gasteiger partial charge in [0.2, 0.25) is 0 Å². The van der Waals surface area contributed by atoms with Crippen LogP contribution in [0.2, 0.25) is 5.02 Å². The highest BCUT2D eigenvalue weighted by Crippen LogP contribution is 2.32. The Kier molecular flexibility index (Phi) is 4.92. The standard InChI is InChI=1S/C18H22ClFN4O2/c1-11-9-12-13(15(20)14(11)19)16(22-10-21-12)23-5-7-24(8-6-23)17(25)26-18(2,3)4/h9-10H,5-8H2,1-4H3. The number of anilines is 1. The zero-order valence-corrected chi connectivity index (χ0v) is 16.1. The Labute approximate surface area is 156 Å². The van der Waals surface area contributed by atoms with Gasteiger partial charge in [-0.05, 0) is 39.3 Å². The molecule has 1 saturated heterocycles. The Bertz CT molecular complexity index is 845. The maximum atomic E-state index is 14.7. The molecule has 6 nitrogen and oxygen atoms in total. The minimum Gasteiger partial charge on any atom is -0.444 e. The minimum absolute atomic E-state index is 0.0842. The van der Waals surface area contributed by atoms with Crippen LogP contribution in [0.4, 0.5) is 15.0 Å². The molecule has 140 valence electrons.